The van der Waals surface area contributed by atoms with Gasteiger partial charge in [0.25, 0.3) is 0 Å². The predicted molar refractivity (Wildman–Crippen MR) is 71.1 cm³/mol. The Morgan fingerprint density at radius 1 is 1.55 bits per heavy atom. The summed E-state index contributed by atoms with van der Waals surface area (Å²) < 4.78 is 10.5. The van der Waals surface area contributed by atoms with Crippen LogP contribution in [0.1, 0.15) is 12.5 Å². The highest BCUT2D eigenvalue weighted by molar-refractivity contribution is 5.86. The van der Waals surface area contributed by atoms with Crippen molar-refractivity contribution in [2.24, 2.45) is 10.8 Å². The molecule has 1 amide bonds. The van der Waals surface area contributed by atoms with E-state index in [1.807, 2.05) is 0 Å². The molecule has 0 saturated heterocycles. The first-order valence-electron chi connectivity index (χ1n) is 6.04. The van der Waals surface area contributed by atoms with E-state index in [0.717, 1.165) is 0 Å². The molecule has 1 atom stereocenters. The van der Waals surface area contributed by atoms with E-state index in [0.29, 0.717) is 23.6 Å². The molecule has 0 aromatic heterocycles. The van der Waals surface area contributed by atoms with Gasteiger partial charge in [-0.1, -0.05) is 11.2 Å². The molecule has 3 N–H and O–H groups in total. The Morgan fingerprint density at radius 3 is 3.00 bits per heavy atom. The van der Waals surface area contributed by atoms with Gasteiger partial charge in [0.2, 0.25) is 12.7 Å². The van der Waals surface area contributed by atoms with Gasteiger partial charge in [-0.3, -0.25) is 10.1 Å². The third kappa shape index (κ3) is 2.61. The Hall–Kier alpha value is -2.44. The highest BCUT2D eigenvalue weighted by atomic mass is 16.7. The number of benzene rings is 1. The van der Waals surface area contributed by atoms with Gasteiger partial charge in [0, 0.05) is 18.0 Å². The van der Waals surface area contributed by atoms with Gasteiger partial charge in [-0.15, -0.1) is 0 Å². The van der Waals surface area contributed by atoms with Crippen molar-refractivity contribution in [2.45, 2.75) is 12.5 Å². The molecule has 106 valence electrons. The number of ether oxygens (including phenoxy) is 2. The monoisotopic (exact) mass is 277 g/mol. The fraction of sp³-hybridized carbons (Fsp3) is 0.417. The van der Waals surface area contributed by atoms with Crippen LogP contribution in [0.15, 0.2) is 23.3 Å². The highest BCUT2D eigenvalue weighted by Crippen LogP contribution is 2.35. The lowest BCUT2D eigenvalue weighted by Crippen LogP contribution is -2.51. The van der Waals surface area contributed by atoms with E-state index in [4.69, 9.17) is 20.7 Å². The van der Waals surface area contributed by atoms with Crippen LogP contribution in [0.5, 0.6) is 11.5 Å². The van der Waals surface area contributed by atoms with Crippen molar-refractivity contribution in [1.82, 2.24) is 5.32 Å². The van der Waals surface area contributed by atoms with Gasteiger partial charge in [-0.05, 0) is 30.2 Å². The van der Waals surface area contributed by atoms with Crippen LogP contribution in [0.3, 0.4) is 0 Å². The number of nitrogens with two attached hydrogens (primary N) is 1. The maximum absolute atomic E-state index is 11.8. The van der Waals surface area contributed by atoms with E-state index in [-0.39, 0.29) is 13.3 Å². The Kier molecular flexibility index (Phi) is 3.97. The molecule has 0 radical (unpaired) electrons. The summed E-state index contributed by atoms with van der Waals surface area (Å²) >= 11 is 0. The maximum Gasteiger partial charge on any atom is 0.242 e. The van der Waals surface area contributed by atoms with Crippen LogP contribution in [0.4, 0.5) is 0 Å². The molecule has 8 heteroatoms. The van der Waals surface area contributed by atoms with Crippen LogP contribution in [0.25, 0.3) is 10.4 Å². The summed E-state index contributed by atoms with van der Waals surface area (Å²) in [6.07, 6.45) is 0. The van der Waals surface area contributed by atoms with E-state index < -0.39 is 11.4 Å². The number of nitrogens with one attached hydrogen (secondary N) is 1. The topological polar surface area (TPSA) is 122 Å². The molecule has 1 aromatic carbocycles. The van der Waals surface area contributed by atoms with Crippen LogP contribution in [-0.4, -0.2) is 25.8 Å². The van der Waals surface area contributed by atoms with Gasteiger partial charge in [0.15, 0.2) is 11.5 Å². The first kappa shape index (κ1) is 14.0. The number of azide groups is 1. The lowest BCUT2D eigenvalue weighted by molar-refractivity contribution is -0.124. The SMILES string of the molecule is CC(NCCN=[N+]=[N-])(C(N)=O)c1ccc2c(c1)OCO2. The summed E-state index contributed by atoms with van der Waals surface area (Å²) in [5.41, 5.74) is 13.3. The first-order valence-corrected chi connectivity index (χ1v) is 6.04. The molecule has 20 heavy (non-hydrogen) atoms. The molecule has 0 aliphatic carbocycles. The molecular weight excluding hydrogens is 262 g/mol. The van der Waals surface area contributed by atoms with Crippen molar-refractivity contribution >= 4 is 5.91 Å². The maximum atomic E-state index is 11.8. The quantitative estimate of drug-likeness (QED) is 0.348. The van der Waals surface area contributed by atoms with E-state index in [1.165, 1.54) is 0 Å². The average Bonchev–Trinajstić information content (AvgIpc) is 2.90. The van der Waals surface area contributed by atoms with Crippen LogP contribution in [-0.2, 0) is 10.3 Å². The average molecular weight is 277 g/mol. The summed E-state index contributed by atoms with van der Waals surface area (Å²) in [7, 11) is 0. The number of nitrogens with zero attached hydrogens (tertiary/aromatic N) is 3. The van der Waals surface area contributed by atoms with Crippen LogP contribution in [0.2, 0.25) is 0 Å². The molecular formula is C12H15N5O3. The summed E-state index contributed by atoms with van der Waals surface area (Å²) in [6.45, 7) is 2.39. The molecule has 1 aliphatic rings. The molecule has 0 spiro atoms. The minimum Gasteiger partial charge on any atom is -0.454 e. The highest BCUT2D eigenvalue weighted by Gasteiger charge is 2.33. The zero-order chi connectivity index (χ0) is 14.6. The molecule has 1 aromatic rings. The van der Waals surface area contributed by atoms with E-state index in [2.05, 4.69) is 15.3 Å². The molecule has 0 saturated carbocycles. The number of rotatable bonds is 6. The van der Waals surface area contributed by atoms with Crippen molar-refractivity contribution in [3.05, 3.63) is 34.2 Å². The van der Waals surface area contributed by atoms with Gasteiger partial charge in [0.05, 0.1) is 0 Å². The number of primary amides is 1. The lowest BCUT2D eigenvalue weighted by atomic mass is 9.91. The van der Waals surface area contributed by atoms with Gasteiger partial charge in [0.1, 0.15) is 5.54 Å². The van der Waals surface area contributed by atoms with Crippen molar-refractivity contribution < 1.29 is 14.3 Å². The first-order chi connectivity index (χ1) is 9.58. The molecule has 1 aliphatic heterocycles. The minimum absolute atomic E-state index is 0.163. The molecule has 0 bridgehead atoms. The summed E-state index contributed by atoms with van der Waals surface area (Å²) in [4.78, 5) is 14.4. The standard InChI is InChI=1S/C12H15N5O3/c1-12(11(13)18,15-4-5-16-17-14)8-2-3-9-10(6-8)20-7-19-9/h2-3,6,15H,4-5,7H2,1H3,(H2,13,18). The van der Waals surface area contributed by atoms with Crippen molar-refractivity contribution in [1.29, 1.82) is 0 Å². The van der Waals surface area contributed by atoms with E-state index >= 15 is 0 Å². The third-order valence-electron chi connectivity index (χ3n) is 3.20. The zero-order valence-corrected chi connectivity index (χ0v) is 11.0. The van der Waals surface area contributed by atoms with Crippen molar-refractivity contribution in [3.63, 3.8) is 0 Å². The fourth-order valence-corrected chi connectivity index (χ4v) is 1.94. The van der Waals surface area contributed by atoms with Gasteiger partial charge in [-0.2, -0.15) is 0 Å². The molecule has 0 fully saturated rings. The summed E-state index contributed by atoms with van der Waals surface area (Å²) in [5.74, 6) is 0.679. The normalized spacial score (nSPS) is 15.2. The summed E-state index contributed by atoms with van der Waals surface area (Å²) in [5, 5.41) is 6.41. The Labute approximate surface area is 115 Å². The Bertz CT molecular complexity index is 570. The van der Waals surface area contributed by atoms with Crippen LogP contribution >= 0.6 is 0 Å². The number of amides is 1. The van der Waals surface area contributed by atoms with Gasteiger partial charge >= 0.3 is 0 Å². The fourth-order valence-electron chi connectivity index (χ4n) is 1.94. The van der Waals surface area contributed by atoms with Crippen LogP contribution in [0, 0.1) is 0 Å². The smallest absolute Gasteiger partial charge is 0.242 e. The molecule has 1 heterocycles. The minimum atomic E-state index is -1.08. The van der Waals surface area contributed by atoms with Crippen LogP contribution < -0.4 is 20.5 Å². The summed E-state index contributed by atoms with van der Waals surface area (Å²) in [6, 6.07) is 5.19. The third-order valence-corrected chi connectivity index (χ3v) is 3.20. The number of carbonyl (C=O) groups is 1. The number of fused-ring (bicyclic) bond motifs is 1. The second kappa shape index (κ2) is 5.68. The Balaban J connectivity index is 2.23. The molecule has 2 rings (SSSR count). The van der Waals surface area contributed by atoms with Gasteiger partial charge < -0.3 is 15.2 Å². The number of carbonyl (C=O) groups excluding carboxylic acids is 1. The van der Waals surface area contributed by atoms with Crippen molar-refractivity contribution in [3.8, 4) is 11.5 Å². The van der Waals surface area contributed by atoms with Crippen molar-refractivity contribution in [2.75, 3.05) is 19.9 Å². The zero-order valence-electron chi connectivity index (χ0n) is 11.0. The van der Waals surface area contributed by atoms with E-state index in [1.54, 1.807) is 25.1 Å². The number of hydrogen-bond acceptors (Lipinski definition) is 5. The second-order valence-electron chi connectivity index (χ2n) is 4.44. The van der Waals surface area contributed by atoms with Gasteiger partial charge in [-0.25, -0.2) is 0 Å². The largest absolute Gasteiger partial charge is 0.454 e. The second-order valence-corrected chi connectivity index (χ2v) is 4.44. The molecule has 8 nitrogen and oxygen atoms in total. The Morgan fingerprint density at radius 2 is 2.30 bits per heavy atom. The lowest BCUT2D eigenvalue weighted by Gasteiger charge is -2.28. The number of hydrogen-bond donors (Lipinski definition) is 2. The predicted octanol–water partition coefficient (Wildman–Crippen LogP) is 1.02. The molecule has 1 unspecified atom stereocenters. The van der Waals surface area contributed by atoms with E-state index in [9.17, 15) is 4.79 Å².